The Bertz CT molecular complexity index is 413. The molecule has 0 aliphatic carbocycles. The lowest BCUT2D eigenvalue weighted by molar-refractivity contribution is -0.130. The Hall–Kier alpha value is -1.65. The first-order valence-electron chi connectivity index (χ1n) is 6.44. The molecule has 18 heavy (non-hydrogen) atoms. The van der Waals surface area contributed by atoms with Gasteiger partial charge in [-0.2, -0.15) is 0 Å². The number of nitrogens with one attached hydrogen (secondary N) is 1. The van der Waals surface area contributed by atoms with Crippen LogP contribution in [0.3, 0.4) is 0 Å². The standard InChI is InChI=1S/C13H20N4O/c1-10-14-6-3-13(16-10)15-9-12-4-7-17(8-5-12)11(2)18/h3,6,12H,4-5,7-9H2,1-2H3,(H,14,15,16). The number of piperidine rings is 1. The van der Waals surface area contributed by atoms with Crippen LogP contribution in [0.15, 0.2) is 12.3 Å². The fraction of sp³-hybridized carbons (Fsp3) is 0.615. The first-order chi connectivity index (χ1) is 8.65. The Morgan fingerprint density at radius 2 is 2.22 bits per heavy atom. The van der Waals surface area contributed by atoms with E-state index in [-0.39, 0.29) is 5.91 Å². The molecule has 1 saturated heterocycles. The van der Waals surface area contributed by atoms with Crippen molar-refractivity contribution in [3.63, 3.8) is 0 Å². The second-order valence-electron chi connectivity index (χ2n) is 4.82. The van der Waals surface area contributed by atoms with Gasteiger partial charge in [0.2, 0.25) is 5.91 Å². The van der Waals surface area contributed by atoms with E-state index >= 15 is 0 Å². The molecule has 1 amide bonds. The van der Waals surface area contributed by atoms with Crippen molar-refractivity contribution >= 4 is 11.7 Å². The highest BCUT2D eigenvalue weighted by Gasteiger charge is 2.20. The van der Waals surface area contributed by atoms with E-state index in [2.05, 4.69) is 15.3 Å². The van der Waals surface area contributed by atoms with Crippen molar-refractivity contribution in [2.75, 3.05) is 25.0 Å². The first kappa shape index (κ1) is 12.8. The molecule has 1 aliphatic heterocycles. The van der Waals surface area contributed by atoms with Crippen molar-refractivity contribution in [1.29, 1.82) is 0 Å². The molecule has 1 aromatic rings. The van der Waals surface area contributed by atoms with Crippen LogP contribution >= 0.6 is 0 Å². The lowest BCUT2D eigenvalue weighted by Gasteiger charge is -2.31. The summed E-state index contributed by atoms with van der Waals surface area (Å²) in [6.45, 7) is 6.20. The Morgan fingerprint density at radius 3 is 2.83 bits per heavy atom. The van der Waals surface area contributed by atoms with Crippen molar-refractivity contribution in [2.45, 2.75) is 26.7 Å². The van der Waals surface area contributed by atoms with E-state index in [9.17, 15) is 4.79 Å². The zero-order chi connectivity index (χ0) is 13.0. The van der Waals surface area contributed by atoms with Gasteiger partial charge in [-0.15, -0.1) is 0 Å². The summed E-state index contributed by atoms with van der Waals surface area (Å²) in [7, 11) is 0. The summed E-state index contributed by atoms with van der Waals surface area (Å²) in [6, 6.07) is 1.89. The molecule has 0 radical (unpaired) electrons. The number of likely N-dealkylation sites (tertiary alicyclic amines) is 1. The number of nitrogens with zero attached hydrogens (tertiary/aromatic N) is 3. The van der Waals surface area contributed by atoms with Crippen molar-refractivity contribution in [3.05, 3.63) is 18.1 Å². The van der Waals surface area contributed by atoms with E-state index in [1.165, 1.54) is 0 Å². The number of hydrogen-bond donors (Lipinski definition) is 1. The van der Waals surface area contributed by atoms with Crippen LogP contribution in [-0.2, 0) is 4.79 Å². The van der Waals surface area contributed by atoms with Gasteiger partial charge in [-0.1, -0.05) is 0 Å². The first-order valence-corrected chi connectivity index (χ1v) is 6.44. The molecular weight excluding hydrogens is 228 g/mol. The zero-order valence-electron chi connectivity index (χ0n) is 11.0. The van der Waals surface area contributed by atoms with Crippen molar-refractivity contribution in [1.82, 2.24) is 14.9 Å². The molecular formula is C13H20N4O. The third kappa shape index (κ3) is 3.42. The molecule has 2 heterocycles. The molecule has 2 rings (SSSR count). The minimum atomic E-state index is 0.188. The second-order valence-corrected chi connectivity index (χ2v) is 4.82. The summed E-state index contributed by atoms with van der Waals surface area (Å²) >= 11 is 0. The SMILES string of the molecule is CC(=O)N1CCC(CNc2ccnc(C)n2)CC1. The number of aromatic nitrogens is 2. The molecule has 1 fully saturated rings. The van der Waals surface area contributed by atoms with Crippen molar-refractivity contribution in [3.8, 4) is 0 Å². The van der Waals surface area contributed by atoms with E-state index in [1.807, 2.05) is 17.9 Å². The molecule has 98 valence electrons. The smallest absolute Gasteiger partial charge is 0.219 e. The number of amides is 1. The van der Waals surface area contributed by atoms with E-state index in [1.54, 1.807) is 13.1 Å². The van der Waals surface area contributed by atoms with Gasteiger partial charge in [0.25, 0.3) is 0 Å². The van der Waals surface area contributed by atoms with Crippen LogP contribution in [-0.4, -0.2) is 40.4 Å². The van der Waals surface area contributed by atoms with Crippen LogP contribution in [0.2, 0.25) is 0 Å². The summed E-state index contributed by atoms with van der Waals surface area (Å²) in [6.07, 6.45) is 3.90. The van der Waals surface area contributed by atoms with E-state index in [0.29, 0.717) is 5.92 Å². The van der Waals surface area contributed by atoms with Gasteiger partial charge >= 0.3 is 0 Å². The molecule has 0 saturated carbocycles. The predicted molar refractivity (Wildman–Crippen MR) is 70.2 cm³/mol. The fourth-order valence-corrected chi connectivity index (χ4v) is 2.26. The van der Waals surface area contributed by atoms with Crippen LogP contribution in [0.5, 0.6) is 0 Å². The average molecular weight is 248 g/mol. The Labute approximate surface area is 108 Å². The largest absolute Gasteiger partial charge is 0.370 e. The quantitative estimate of drug-likeness (QED) is 0.879. The fourth-order valence-electron chi connectivity index (χ4n) is 2.26. The van der Waals surface area contributed by atoms with Crippen LogP contribution in [0.25, 0.3) is 0 Å². The maximum absolute atomic E-state index is 11.2. The third-order valence-corrected chi connectivity index (χ3v) is 3.41. The van der Waals surface area contributed by atoms with Crippen molar-refractivity contribution < 1.29 is 4.79 Å². The number of rotatable bonds is 3. The van der Waals surface area contributed by atoms with Gasteiger partial charge in [-0.3, -0.25) is 4.79 Å². The molecule has 0 atom stereocenters. The molecule has 0 aromatic carbocycles. The lowest BCUT2D eigenvalue weighted by atomic mass is 9.97. The molecule has 0 spiro atoms. The molecule has 0 unspecified atom stereocenters. The molecule has 1 N–H and O–H groups in total. The van der Waals surface area contributed by atoms with Crippen LogP contribution in [0.4, 0.5) is 5.82 Å². The van der Waals surface area contributed by atoms with Crippen molar-refractivity contribution in [2.24, 2.45) is 5.92 Å². The van der Waals surface area contributed by atoms with E-state index < -0.39 is 0 Å². The molecule has 0 bridgehead atoms. The monoisotopic (exact) mass is 248 g/mol. The van der Waals surface area contributed by atoms with Gasteiger partial charge in [-0.25, -0.2) is 9.97 Å². The van der Waals surface area contributed by atoms with Gasteiger partial charge in [0, 0.05) is 32.8 Å². The van der Waals surface area contributed by atoms with Gasteiger partial charge in [0.1, 0.15) is 11.6 Å². The topological polar surface area (TPSA) is 58.1 Å². The van der Waals surface area contributed by atoms with E-state index in [4.69, 9.17) is 0 Å². The normalized spacial score (nSPS) is 16.7. The number of carbonyl (C=O) groups excluding carboxylic acids is 1. The van der Waals surface area contributed by atoms with Crippen LogP contribution in [0.1, 0.15) is 25.6 Å². The third-order valence-electron chi connectivity index (χ3n) is 3.41. The van der Waals surface area contributed by atoms with Gasteiger partial charge < -0.3 is 10.2 Å². The number of hydrogen-bond acceptors (Lipinski definition) is 4. The second kappa shape index (κ2) is 5.80. The maximum Gasteiger partial charge on any atom is 0.219 e. The van der Waals surface area contributed by atoms with Gasteiger partial charge in [0.05, 0.1) is 0 Å². The summed E-state index contributed by atoms with van der Waals surface area (Å²) in [5.74, 6) is 2.48. The molecule has 1 aromatic heterocycles. The van der Waals surface area contributed by atoms with Crippen LogP contribution in [0, 0.1) is 12.8 Å². The summed E-state index contributed by atoms with van der Waals surface area (Å²) in [5, 5.41) is 3.34. The number of anilines is 1. The molecule has 5 nitrogen and oxygen atoms in total. The number of aryl methyl sites for hydroxylation is 1. The summed E-state index contributed by atoms with van der Waals surface area (Å²) in [5.41, 5.74) is 0. The molecule has 5 heteroatoms. The minimum absolute atomic E-state index is 0.188. The Balaban J connectivity index is 1.77. The zero-order valence-corrected chi connectivity index (χ0v) is 11.0. The van der Waals surface area contributed by atoms with E-state index in [0.717, 1.165) is 44.1 Å². The Kier molecular flexibility index (Phi) is 4.12. The van der Waals surface area contributed by atoms with Gasteiger partial charge in [-0.05, 0) is 31.7 Å². The average Bonchev–Trinajstić information content (AvgIpc) is 2.37. The summed E-state index contributed by atoms with van der Waals surface area (Å²) in [4.78, 5) is 21.5. The minimum Gasteiger partial charge on any atom is -0.370 e. The predicted octanol–water partition coefficient (Wildman–Crippen LogP) is 1.46. The van der Waals surface area contributed by atoms with Gasteiger partial charge in [0.15, 0.2) is 0 Å². The highest BCUT2D eigenvalue weighted by Crippen LogP contribution is 2.17. The number of carbonyl (C=O) groups is 1. The Morgan fingerprint density at radius 1 is 1.50 bits per heavy atom. The highest BCUT2D eigenvalue weighted by atomic mass is 16.2. The maximum atomic E-state index is 11.2. The summed E-state index contributed by atoms with van der Waals surface area (Å²) < 4.78 is 0. The lowest BCUT2D eigenvalue weighted by Crippen LogP contribution is -2.38. The molecule has 1 aliphatic rings. The highest BCUT2D eigenvalue weighted by molar-refractivity contribution is 5.73. The van der Waals surface area contributed by atoms with Crippen LogP contribution < -0.4 is 5.32 Å².